The van der Waals surface area contributed by atoms with Crippen molar-refractivity contribution in [2.24, 2.45) is 0 Å². The third-order valence-corrected chi connectivity index (χ3v) is 2.47. The number of nitrogens with zero attached hydrogens (tertiary/aromatic N) is 1. The van der Waals surface area contributed by atoms with E-state index < -0.39 is 0 Å². The zero-order chi connectivity index (χ0) is 10.6. The molecule has 0 saturated heterocycles. The van der Waals surface area contributed by atoms with Crippen LogP contribution in [0.3, 0.4) is 0 Å². The van der Waals surface area contributed by atoms with Crippen molar-refractivity contribution >= 4 is 17.2 Å². The number of aryl methyl sites for hydroxylation is 1. The number of hydrogen-bond acceptors (Lipinski definition) is 3. The Kier molecular flexibility index (Phi) is 3.83. The molecule has 1 aromatic rings. The van der Waals surface area contributed by atoms with Crippen LogP contribution in [0.15, 0.2) is 17.0 Å². The number of carbonyl (C=O) groups is 1. The van der Waals surface area contributed by atoms with Gasteiger partial charge in [-0.1, -0.05) is 5.57 Å². The molecule has 1 amide bonds. The van der Waals surface area contributed by atoms with Crippen LogP contribution in [0.4, 0.5) is 0 Å². The molecule has 0 atom stereocenters. The lowest BCUT2D eigenvalue weighted by molar-refractivity contribution is -0.116. The minimum absolute atomic E-state index is 0.0575. The van der Waals surface area contributed by atoms with Gasteiger partial charge in [0.1, 0.15) is 5.01 Å². The lowest BCUT2D eigenvalue weighted by Crippen LogP contribution is -2.20. The molecule has 0 aliphatic rings. The van der Waals surface area contributed by atoms with Crippen LogP contribution >= 0.6 is 11.3 Å². The monoisotopic (exact) mass is 210 g/mol. The first-order chi connectivity index (χ1) is 6.58. The Labute approximate surface area is 87.9 Å². The molecule has 1 heterocycles. The maximum atomic E-state index is 11.2. The van der Waals surface area contributed by atoms with E-state index in [-0.39, 0.29) is 5.91 Å². The molecule has 0 saturated carbocycles. The van der Waals surface area contributed by atoms with Gasteiger partial charge in [0.05, 0.1) is 6.54 Å². The van der Waals surface area contributed by atoms with Gasteiger partial charge in [0.2, 0.25) is 5.91 Å². The molecule has 0 fully saturated rings. The van der Waals surface area contributed by atoms with Crippen molar-refractivity contribution in [3.8, 4) is 0 Å². The predicted molar refractivity (Wildman–Crippen MR) is 58.1 cm³/mol. The summed E-state index contributed by atoms with van der Waals surface area (Å²) in [5.74, 6) is -0.0575. The fourth-order valence-corrected chi connectivity index (χ4v) is 1.67. The highest BCUT2D eigenvalue weighted by Crippen LogP contribution is 2.07. The molecule has 0 spiro atoms. The quantitative estimate of drug-likeness (QED) is 0.776. The lowest BCUT2D eigenvalue weighted by atomic mass is 10.3. The molecule has 1 N–H and O–H groups in total. The first-order valence-electron chi connectivity index (χ1n) is 4.41. The normalized spacial score (nSPS) is 9.64. The van der Waals surface area contributed by atoms with Crippen molar-refractivity contribution in [2.75, 3.05) is 0 Å². The molecule has 1 aromatic heterocycles. The smallest absolute Gasteiger partial charge is 0.244 e. The zero-order valence-corrected chi connectivity index (χ0v) is 9.44. The number of thiazole rings is 1. The summed E-state index contributed by atoms with van der Waals surface area (Å²) in [6.45, 7) is 6.25. The van der Waals surface area contributed by atoms with E-state index in [1.807, 2.05) is 26.2 Å². The Hall–Kier alpha value is -1.16. The highest BCUT2D eigenvalue weighted by molar-refractivity contribution is 7.09. The van der Waals surface area contributed by atoms with Gasteiger partial charge in [-0.05, 0) is 20.8 Å². The van der Waals surface area contributed by atoms with E-state index in [0.717, 1.165) is 16.3 Å². The zero-order valence-electron chi connectivity index (χ0n) is 8.63. The summed E-state index contributed by atoms with van der Waals surface area (Å²) in [7, 11) is 0. The number of allylic oxidation sites excluding steroid dienone is 1. The van der Waals surface area contributed by atoms with E-state index in [1.54, 1.807) is 17.4 Å². The summed E-state index contributed by atoms with van der Waals surface area (Å²) in [6.07, 6.45) is 1.58. The van der Waals surface area contributed by atoms with Gasteiger partial charge in [-0.3, -0.25) is 4.79 Å². The topological polar surface area (TPSA) is 42.0 Å². The van der Waals surface area contributed by atoms with E-state index in [4.69, 9.17) is 0 Å². The second-order valence-electron chi connectivity index (χ2n) is 3.32. The summed E-state index contributed by atoms with van der Waals surface area (Å²) >= 11 is 1.56. The average molecular weight is 210 g/mol. The number of hydrogen-bond donors (Lipinski definition) is 1. The summed E-state index contributed by atoms with van der Waals surface area (Å²) in [5, 5.41) is 5.69. The Morgan fingerprint density at radius 3 is 2.86 bits per heavy atom. The molecule has 4 heteroatoms. The Bertz CT molecular complexity index is 351. The first-order valence-corrected chi connectivity index (χ1v) is 5.29. The molecule has 0 aliphatic heterocycles. The fraction of sp³-hybridized carbons (Fsp3) is 0.400. The van der Waals surface area contributed by atoms with Gasteiger partial charge in [-0.25, -0.2) is 4.98 Å². The van der Waals surface area contributed by atoms with Crippen LogP contribution in [0.2, 0.25) is 0 Å². The molecular weight excluding hydrogens is 196 g/mol. The molecule has 1 rings (SSSR count). The van der Waals surface area contributed by atoms with Crippen LogP contribution in [-0.4, -0.2) is 10.9 Å². The maximum absolute atomic E-state index is 11.2. The lowest BCUT2D eigenvalue weighted by Gasteiger charge is -1.98. The van der Waals surface area contributed by atoms with Crippen LogP contribution < -0.4 is 5.32 Å². The Morgan fingerprint density at radius 2 is 2.36 bits per heavy atom. The second-order valence-corrected chi connectivity index (χ2v) is 4.26. The van der Waals surface area contributed by atoms with Crippen LogP contribution in [0.5, 0.6) is 0 Å². The molecule has 3 nitrogen and oxygen atoms in total. The van der Waals surface area contributed by atoms with E-state index in [2.05, 4.69) is 10.3 Å². The number of aromatic nitrogens is 1. The average Bonchev–Trinajstić information content (AvgIpc) is 2.47. The van der Waals surface area contributed by atoms with Crippen molar-refractivity contribution in [2.45, 2.75) is 27.3 Å². The molecule has 0 bridgehead atoms. The highest BCUT2D eigenvalue weighted by atomic mass is 32.1. The van der Waals surface area contributed by atoms with Crippen molar-refractivity contribution in [1.82, 2.24) is 10.3 Å². The number of nitrogens with one attached hydrogen (secondary N) is 1. The largest absolute Gasteiger partial charge is 0.346 e. The summed E-state index contributed by atoms with van der Waals surface area (Å²) in [4.78, 5) is 15.5. The first kappa shape index (κ1) is 10.9. The number of carbonyl (C=O) groups excluding carboxylic acids is 1. The molecule has 0 aromatic carbocycles. The van der Waals surface area contributed by atoms with Crippen LogP contribution in [0.25, 0.3) is 0 Å². The SMILES string of the molecule is CC(C)=CC(=O)NCc1nc(C)cs1. The molecule has 0 aliphatic carbocycles. The van der Waals surface area contributed by atoms with Gasteiger partial charge in [0.15, 0.2) is 0 Å². The van der Waals surface area contributed by atoms with Crippen molar-refractivity contribution in [3.63, 3.8) is 0 Å². The number of amides is 1. The Balaban J connectivity index is 2.41. The molecule has 76 valence electrons. The van der Waals surface area contributed by atoms with Crippen LogP contribution in [-0.2, 0) is 11.3 Å². The summed E-state index contributed by atoms with van der Waals surface area (Å²) in [6, 6.07) is 0. The predicted octanol–water partition coefficient (Wildman–Crippen LogP) is 2.03. The highest BCUT2D eigenvalue weighted by Gasteiger charge is 2.00. The van der Waals surface area contributed by atoms with Crippen molar-refractivity contribution in [1.29, 1.82) is 0 Å². The molecule has 0 unspecified atom stereocenters. The van der Waals surface area contributed by atoms with E-state index in [0.29, 0.717) is 6.54 Å². The van der Waals surface area contributed by atoms with Crippen molar-refractivity contribution < 1.29 is 4.79 Å². The summed E-state index contributed by atoms with van der Waals surface area (Å²) in [5.41, 5.74) is 2.00. The van der Waals surface area contributed by atoms with Gasteiger partial charge >= 0.3 is 0 Å². The molecule has 14 heavy (non-hydrogen) atoms. The number of rotatable bonds is 3. The van der Waals surface area contributed by atoms with E-state index in [9.17, 15) is 4.79 Å². The van der Waals surface area contributed by atoms with Gasteiger partial charge in [-0.2, -0.15) is 0 Å². The van der Waals surface area contributed by atoms with Gasteiger partial charge < -0.3 is 5.32 Å². The standard InChI is InChI=1S/C10H14N2OS/c1-7(2)4-9(13)11-5-10-12-8(3)6-14-10/h4,6H,5H2,1-3H3,(H,11,13). The third kappa shape index (κ3) is 3.70. The van der Waals surface area contributed by atoms with Gasteiger partial charge in [0.25, 0.3) is 0 Å². The Morgan fingerprint density at radius 1 is 1.64 bits per heavy atom. The van der Waals surface area contributed by atoms with Gasteiger partial charge in [-0.15, -0.1) is 11.3 Å². The van der Waals surface area contributed by atoms with Crippen LogP contribution in [0, 0.1) is 6.92 Å². The van der Waals surface area contributed by atoms with Crippen molar-refractivity contribution in [3.05, 3.63) is 27.7 Å². The minimum atomic E-state index is -0.0575. The fourth-order valence-electron chi connectivity index (χ4n) is 0.960. The van der Waals surface area contributed by atoms with Gasteiger partial charge in [0, 0.05) is 17.2 Å². The third-order valence-electron chi connectivity index (χ3n) is 1.50. The van der Waals surface area contributed by atoms with Crippen LogP contribution in [0.1, 0.15) is 24.5 Å². The minimum Gasteiger partial charge on any atom is -0.346 e. The molecule has 0 radical (unpaired) electrons. The maximum Gasteiger partial charge on any atom is 0.244 e. The second kappa shape index (κ2) is 4.91. The summed E-state index contributed by atoms with van der Waals surface area (Å²) < 4.78 is 0. The molecular formula is C10H14N2OS. The van der Waals surface area contributed by atoms with E-state index in [1.165, 1.54) is 0 Å². The van der Waals surface area contributed by atoms with E-state index >= 15 is 0 Å².